The summed E-state index contributed by atoms with van der Waals surface area (Å²) in [5.41, 5.74) is 6.14. The highest BCUT2D eigenvalue weighted by Gasteiger charge is 2.49. The number of nitrogens with one attached hydrogen (secondary N) is 1. The van der Waals surface area contributed by atoms with Crippen molar-refractivity contribution in [1.82, 2.24) is 5.32 Å². The van der Waals surface area contributed by atoms with Gasteiger partial charge in [0.25, 0.3) is 0 Å². The molecule has 1 amide bonds. The summed E-state index contributed by atoms with van der Waals surface area (Å²) in [5, 5.41) is 2.94. The van der Waals surface area contributed by atoms with Gasteiger partial charge in [0.05, 0.1) is 5.54 Å². The molecule has 0 aliphatic heterocycles. The standard InChI is InChI=1S/C13H15FN2O/c14-9-3-1-2-8(6-9)10-7-11(10)16-12(17)13(15)4-5-13/h1-3,6,10-11H,4-5,7,15H2,(H,16,17). The van der Waals surface area contributed by atoms with E-state index >= 15 is 0 Å². The molecule has 0 saturated heterocycles. The molecule has 17 heavy (non-hydrogen) atoms. The number of benzene rings is 1. The van der Waals surface area contributed by atoms with Crippen molar-refractivity contribution in [2.24, 2.45) is 5.73 Å². The van der Waals surface area contributed by atoms with Crippen LogP contribution in [0.1, 0.15) is 30.7 Å². The molecule has 1 aromatic rings. The molecule has 2 unspecified atom stereocenters. The first-order chi connectivity index (χ1) is 8.08. The number of amides is 1. The Morgan fingerprint density at radius 3 is 2.88 bits per heavy atom. The molecular weight excluding hydrogens is 219 g/mol. The van der Waals surface area contributed by atoms with Crippen LogP contribution in [0.2, 0.25) is 0 Å². The molecule has 2 saturated carbocycles. The molecular formula is C13H15FN2O. The number of nitrogens with two attached hydrogens (primary N) is 1. The lowest BCUT2D eigenvalue weighted by Crippen LogP contribution is -2.43. The summed E-state index contributed by atoms with van der Waals surface area (Å²) in [7, 11) is 0. The van der Waals surface area contributed by atoms with Crippen LogP contribution in [-0.4, -0.2) is 17.5 Å². The van der Waals surface area contributed by atoms with E-state index in [0.29, 0.717) is 0 Å². The molecule has 3 nitrogen and oxygen atoms in total. The van der Waals surface area contributed by atoms with E-state index in [1.807, 2.05) is 6.07 Å². The second-order valence-electron chi connectivity index (χ2n) is 5.13. The zero-order valence-electron chi connectivity index (χ0n) is 9.45. The molecule has 2 aliphatic carbocycles. The molecule has 3 N–H and O–H groups in total. The minimum absolute atomic E-state index is 0.0543. The first-order valence-corrected chi connectivity index (χ1v) is 5.94. The lowest BCUT2D eigenvalue weighted by molar-refractivity contribution is -0.123. The molecule has 90 valence electrons. The maximum Gasteiger partial charge on any atom is 0.240 e. The summed E-state index contributed by atoms with van der Waals surface area (Å²) in [6.07, 6.45) is 2.43. The van der Waals surface area contributed by atoms with Crippen LogP contribution in [0.25, 0.3) is 0 Å². The van der Waals surface area contributed by atoms with E-state index in [0.717, 1.165) is 24.8 Å². The molecule has 1 aromatic carbocycles. The summed E-state index contributed by atoms with van der Waals surface area (Å²) in [6.45, 7) is 0. The lowest BCUT2D eigenvalue weighted by Gasteiger charge is -2.09. The monoisotopic (exact) mass is 234 g/mol. The van der Waals surface area contributed by atoms with Crippen LogP contribution in [0.15, 0.2) is 24.3 Å². The van der Waals surface area contributed by atoms with Crippen LogP contribution in [0.3, 0.4) is 0 Å². The molecule has 4 heteroatoms. The number of carbonyl (C=O) groups is 1. The van der Waals surface area contributed by atoms with Gasteiger partial charge in [-0.05, 0) is 37.0 Å². The summed E-state index contributed by atoms with van der Waals surface area (Å²) >= 11 is 0. The molecule has 2 aliphatic rings. The van der Waals surface area contributed by atoms with Crippen molar-refractivity contribution in [1.29, 1.82) is 0 Å². The number of carbonyl (C=O) groups excluding carboxylic acids is 1. The van der Waals surface area contributed by atoms with Crippen molar-refractivity contribution in [2.45, 2.75) is 36.8 Å². The minimum Gasteiger partial charge on any atom is -0.351 e. The topological polar surface area (TPSA) is 55.1 Å². The Morgan fingerprint density at radius 2 is 2.24 bits per heavy atom. The lowest BCUT2D eigenvalue weighted by atomic mass is 10.1. The Hall–Kier alpha value is -1.42. The summed E-state index contributed by atoms with van der Waals surface area (Å²) in [4.78, 5) is 11.7. The Balaban J connectivity index is 1.61. The average Bonchev–Trinajstić information content (AvgIpc) is 3.17. The van der Waals surface area contributed by atoms with Crippen molar-refractivity contribution in [3.63, 3.8) is 0 Å². The smallest absolute Gasteiger partial charge is 0.240 e. The van der Waals surface area contributed by atoms with Gasteiger partial charge in [-0.1, -0.05) is 12.1 Å². The predicted molar refractivity (Wildman–Crippen MR) is 61.8 cm³/mol. The average molecular weight is 234 g/mol. The summed E-state index contributed by atoms with van der Waals surface area (Å²) in [5.74, 6) is -0.0321. The van der Waals surface area contributed by atoms with Gasteiger partial charge in [0.1, 0.15) is 5.82 Å². The Morgan fingerprint density at radius 1 is 1.47 bits per heavy atom. The van der Waals surface area contributed by atoms with E-state index in [1.54, 1.807) is 6.07 Å². The van der Waals surface area contributed by atoms with E-state index < -0.39 is 5.54 Å². The third-order valence-corrected chi connectivity index (χ3v) is 3.62. The van der Waals surface area contributed by atoms with Gasteiger partial charge in [-0.25, -0.2) is 4.39 Å². The largest absolute Gasteiger partial charge is 0.351 e. The van der Waals surface area contributed by atoms with Gasteiger partial charge in [0.15, 0.2) is 0 Å². The summed E-state index contributed by atoms with van der Waals surface area (Å²) < 4.78 is 13.0. The van der Waals surface area contributed by atoms with Gasteiger partial charge in [-0.15, -0.1) is 0 Å². The SMILES string of the molecule is NC1(C(=O)NC2CC2c2cccc(F)c2)CC1. The van der Waals surface area contributed by atoms with Crippen LogP contribution >= 0.6 is 0 Å². The predicted octanol–water partition coefficient (Wildman–Crippen LogP) is 1.29. The van der Waals surface area contributed by atoms with Crippen LogP contribution in [-0.2, 0) is 4.79 Å². The Kier molecular flexibility index (Phi) is 2.23. The van der Waals surface area contributed by atoms with Gasteiger partial charge in [0.2, 0.25) is 5.91 Å². The van der Waals surface area contributed by atoms with Crippen LogP contribution in [0.5, 0.6) is 0 Å². The van der Waals surface area contributed by atoms with E-state index in [1.165, 1.54) is 12.1 Å². The van der Waals surface area contributed by atoms with Gasteiger partial charge in [-0.3, -0.25) is 4.79 Å². The molecule has 0 bridgehead atoms. The van der Waals surface area contributed by atoms with Crippen LogP contribution in [0, 0.1) is 5.82 Å². The fourth-order valence-electron chi connectivity index (χ4n) is 2.13. The zero-order chi connectivity index (χ0) is 12.0. The van der Waals surface area contributed by atoms with Crippen molar-refractivity contribution in [3.8, 4) is 0 Å². The van der Waals surface area contributed by atoms with E-state index in [9.17, 15) is 9.18 Å². The molecule has 3 rings (SSSR count). The highest BCUT2D eigenvalue weighted by atomic mass is 19.1. The molecule has 0 heterocycles. The normalized spacial score (nSPS) is 28.6. The fraction of sp³-hybridized carbons (Fsp3) is 0.462. The van der Waals surface area contributed by atoms with Gasteiger partial charge >= 0.3 is 0 Å². The van der Waals surface area contributed by atoms with Crippen molar-refractivity contribution < 1.29 is 9.18 Å². The van der Waals surface area contributed by atoms with Crippen LogP contribution in [0.4, 0.5) is 4.39 Å². The second kappa shape index (κ2) is 3.53. The van der Waals surface area contributed by atoms with Crippen molar-refractivity contribution in [2.75, 3.05) is 0 Å². The molecule has 0 spiro atoms. The van der Waals surface area contributed by atoms with E-state index in [-0.39, 0.29) is 23.7 Å². The maximum absolute atomic E-state index is 13.0. The summed E-state index contributed by atoms with van der Waals surface area (Å²) in [6, 6.07) is 6.69. The van der Waals surface area contributed by atoms with Gasteiger partial charge in [-0.2, -0.15) is 0 Å². The third-order valence-electron chi connectivity index (χ3n) is 3.62. The first-order valence-electron chi connectivity index (χ1n) is 5.94. The quantitative estimate of drug-likeness (QED) is 0.828. The van der Waals surface area contributed by atoms with Crippen molar-refractivity contribution >= 4 is 5.91 Å². The number of hydrogen-bond acceptors (Lipinski definition) is 2. The Bertz CT molecular complexity index is 470. The van der Waals surface area contributed by atoms with E-state index in [4.69, 9.17) is 5.73 Å². The first kappa shape index (κ1) is 10.7. The van der Waals surface area contributed by atoms with Gasteiger partial charge in [0, 0.05) is 12.0 Å². The third kappa shape index (κ3) is 2.05. The molecule has 0 aromatic heterocycles. The molecule has 2 fully saturated rings. The highest BCUT2D eigenvalue weighted by molar-refractivity contribution is 5.89. The Labute approximate surface area is 99.2 Å². The van der Waals surface area contributed by atoms with Gasteiger partial charge < -0.3 is 11.1 Å². The maximum atomic E-state index is 13.0. The highest BCUT2D eigenvalue weighted by Crippen LogP contribution is 2.42. The molecule has 0 radical (unpaired) electrons. The second-order valence-corrected chi connectivity index (χ2v) is 5.13. The minimum atomic E-state index is -0.616. The zero-order valence-corrected chi connectivity index (χ0v) is 9.45. The van der Waals surface area contributed by atoms with Crippen LogP contribution < -0.4 is 11.1 Å². The molecule has 2 atom stereocenters. The van der Waals surface area contributed by atoms with Crippen molar-refractivity contribution in [3.05, 3.63) is 35.6 Å². The fourth-order valence-corrected chi connectivity index (χ4v) is 2.13. The number of rotatable bonds is 3. The number of halogens is 1. The number of hydrogen-bond donors (Lipinski definition) is 2. The van der Waals surface area contributed by atoms with E-state index in [2.05, 4.69) is 5.32 Å².